The number of nitrogens with zero attached hydrogens (tertiary/aromatic N) is 3. The molecule has 1 saturated heterocycles. The van der Waals surface area contributed by atoms with E-state index < -0.39 is 12.5 Å². The number of ether oxygens (including phenoxy) is 1. The number of alkyl halides is 3. The van der Waals surface area contributed by atoms with E-state index in [1.165, 1.54) is 0 Å². The molecule has 0 saturated carbocycles. The van der Waals surface area contributed by atoms with Gasteiger partial charge in [-0.25, -0.2) is 0 Å². The summed E-state index contributed by atoms with van der Waals surface area (Å²) >= 11 is 5.77. The molecule has 1 aromatic heterocycles. The average molecular weight is 435 g/mol. The molecule has 160 valence electrons. The summed E-state index contributed by atoms with van der Waals surface area (Å²) in [4.78, 5) is 12.3. The van der Waals surface area contributed by atoms with Crippen LogP contribution < -0.4 is 5.32 Å². The highest BCUT2D eigenvalue weighted by Gasteiger charge is 2.37. The van der Waals surface area contributed by atoms with Gasteiger partial charge in [-0.1, -0.05) is 16.7 Å². The van der Waals surface area contributed by atoms with Gasteiger partial charge in [0, 0.05) is 23.2 Å². The highest BCUT2D eigenvalue weighted by molar-refractivity contribution is 6.30. The van der Waals surface area contributed by atoms with Crippen LogP contribution in [-0.4, -0.2) is 59.5 Å². The van der Waals surface area contributed by atoms with E-state index in [0.29, 0.717) is 23.9 Å². The summed E-state index contributed by atoms with van der Waals surface area (Å²) in [6, 6.07) is 7.07. The molecular weight excluding hydrogens is 413 g/mol. The van der Waals surface area contributed by atoms with Gasteiger partial charge in [0.2, 0.25) is 5.89 Å². The van der Waals surface area contributed by atoms with Crippen molar-refractivity contribution >= 4 is 23.9 Å². The van der Waals surface area contributed by atoms with Crippen LogP contribution in [0.2, 0.25) is 5.02 Å². The molecular formula is C18H22ClF3N4O3. The first-order valence-electron chi connectivity index (χ1n) is 8.83. The van der Waals surface area contributed by atoms with Crippen LogP contribution in [0.3, 0.4) is 0 Å². The quantitative estimate of drug-likeness (QED) is 0.712. The Kier molecular flexibility index (Phi) is 8.00. The zero-order valence-electron chi connectivity index (χ0n) is 16.1. The number of carbonyl (C=O) groups excluding carboxylic acids is 1. The molecule has 0 radical (unpaired) electrons. The minimum Gasteiger partial charge on any atom is -0.403 e. The molecule has 1 aliphatic heterocycles. The molecule has 1 N–H and O–H groups in total. The molecule has 0 aliphatic carbocycles. The number of likely N-dealkylation sites (N-methyl/N-ethyl adjacent to an activating group) is 1. The van der Waals surface area contributed by atoms with Gasteiger partial charge in [0.05, 0.1) is 12.1 Å². The van der Waals surface area contributed by atoms with E-state index in [2.05, 4.69) is 20.3 Å². The number of anilines is 1. The van der Waals surface area contributed by atoms with Crippen LogP contribution in [0.5, 0.6) is 0 Å². The number of hydrogen-bond donors (Lipinski definition) is 1. The Balaban J connectivity index is 0.000000221. The van der Waals surface area contributed by atoms with E-state index in [-0.39, 0.29) is 18.1 Å². The number of likely N-dealkylation sites (tertiary alicyclic amines) is 1. The minimum atomic E-state index is -4.49. The van der Waals surface area contributed by atoms with Gasteiger partial charge in [0.15, 0.2) is 0 Å². The Hall–Kier alpha value is -2.17. The summed E-state index contributed by atoms with van der Waals surface area (Å²) in [7, 11) is 1.80. The van der Waals surface area contributed by atoms with Crippen LogP contribution in [-0.2, 0) is 9.53 Å². The second-order valence-electron chi connectivity index (χ2n) is 6.70. The lowest BCUT2D eigenvalue weighted by molar-refractivity contribution is -0.340. The van der Waals surface area contributed by atoms with Gasteiger partial charge in [-0.2, -0.15) is 0 Å². The summed E-state index contributed by atoms with van der Waals surface area (Å²) in [5.41, 5.74) is 0.772. The maximum absolute atomic E-state index is 11.7. The maximum atomic E-state index is 11.7. The first-order chi connectivity index (χ1) is 13.6. The molecule has 3 atom stereocenters. The maximum Gasteiger partial charge on any atom is 0.522 e. The summed E-state index contributed by atoms with van der Waals surface area (Å²) in [6.07, 6.45) is -3.97. The molecule has 29 heavy (non-hydrogen) atoms. The average Bonchev–Trinajstić information content (AvgIpc) is 3.21. The smallest absolute Gasteiger partial charge is 0.403 e. The number of carbonyl (C=O) groups is 1. The van der Waals surface area contributed by atoms with Gasteiger partial charge in [0.1, 0.15) is 6.29 Å². The molecule has 11 heteroatoms. The SMILES string of the molecule is CC1CC(OC(F)(F)F)CN1C.C[C@H](C=O)Nc1nnc(-c2ccc(Cl)cc2)o1. The summed E-state index contributed by atoms with van der Waals surface area (Å²) < 4.78 is 44.4. The predicted molar refractivity (Wildman–Crippen MR) is 102 cm³/mol. The zero-order valence-corrected chi connectivity index (χ0v) is 16.9. The van der Waals surface area contributed by atoms with Crippen molar-refractivity contribution in [2.75, 3.05) is 18.9 Å². The van der Waals surface area contributed by atoms with Crippen molar-refractivity contribution in [3.05, 3.63) is 29.3 Å². The van der Waals surface area contributed by atoms with Gasteiger partial charge in [-0.3, -0.25) is 4.74 Å². The molecule has 7 nitrogen and oxygen atoms in total. The molecule has 2 heterocycles. The van der Waals surface area contributed by atoms with E-state index in [0.717, 1.165) is 11.8 Å². The van der Waals surface area contributed by atoms with E-state index in [1.807, 2.05) is 11.8 Å². The number of nitrogens with one attached hydrogen (secondary N) is 1. The van der Waals surface area contributed by atoms with Gasteiger partial charge < -0.3 is 19.4 Å². The third-order valence-corrected chi connectivity index (χ3v) is 4.47. The minimum absolute atomic E-state index is 0.178. The normalized spacial score (nSPS) is 20.7. The van der Waals surface area contributed by atoms with Crippen LogP contribution in [0.25, 0.3) is 11.5 Å². The van der Waals surface area contributed by atoms with Crippen LogP contribution in [0.15, 0.2) is 28.7 Å². The summed E-state index contributed by atoms with van der Waals surface area (Å²) in [6.45, 7) is 3.94. The fourth-order valence-electron chi connectivity index (χ4n) is 2.63. The van der Waals surface area contributed by atoms with Crippen molar-refractivity contribution in [1.29, 1.82) is 0 Å². The lowest BCUT2D eigenvalue weighted by atomic mass is 10.2. The van der Waals surface area contributed by atoms with Crippen LogP contribution in [0, 0.1) is 0 Å². The first kappa shape index (κ1) is 23.1. The molecule has 0 bridgehead atoms. The molecule has 0 spiro atoms. The lowest BCUT2D eigenvalue weighted by Crippen LogP contribution is -2.26. The van der Waals surface area contributed by atoms with E-state index in [9.17, 15) is 18.0 Å². The van der Waals surface area contributed by atoms with Gasteiger partial charge in [-0.15, -0.1) is 18.3 Å². The van der Waals surface area contributed by atoms with E-state index in [4.69, 9.17) is 16.0 Å². The van der Waals surface area contributed by atoms with Crippen molar-refractivity contribution in [2.24, 2.45) is 0 Å². The van der Waals surface area contributed by atoms with Crippen LogP contribution in [0.1, 0.15) is 20.3 Å². The largest absolute Gasteiger partial charge is 0.522 e. The zero-order chi connectivity index (χ0) is 21.6. The number of benzene rings is 1. The van der Waals surface area contributed by atoms with Crippen molar-refractivity contribution in [3.63, 3.8) is 0 Å². The Morgan fingerprint density at radius 1 is 1.34 bits per heavy atom. The monoisotopic (exact) mass is 434 g/mol. The van der Waals surface area contributed by atoms with E-state index >= 15 is 0 Å². The van der Waals surface area contributed by atoms with E-state index in [1.54, 1.807) is 38.2 Å². The molecule has 2 unspecified atom stereocenters. The van der Waals surface area contributed by atoms with Gasteiger partial charge in [0.25, 0.3) is 0 Å². The number of aromatic nitrogens is 2. The van der Waals surface area contributed by atoms with Crippen molar-refractivity contribution in [1.82, 2.24) is 15.1 Å². The van der Waals surface area contributed by atoms with Crippen molar-refractivity contribution < 1.29 is 27.1 Å². The number of rotatable bonds is 5. The summed E-state index contributed by atoms with van der Waals surface area (Å²) in [5, 5.41) is 11.0. The van der Waals surface area contributed by atoms with Crippen LogP contribution >= 0.6 is 11.6 Å². The lowest BCUT2D eigenvalue weighted by Gasteiger charge is -2.13. The third-order valence-electron chi connectivity index (χ3n) is 4.22. The Labute approximate surface area is 171 Å². The van der Waals surface area contributed by atoms with Crippen molar-refractivity contribution in [3.8, 4) is 11.5 Å². The Bertz CT molecular complexity index is 775. The molecule has 1 aromatic carbocycles. The standard InChI is InChI=1S/C11H10ClN3O2.C7H12F3NO/c1-7(6-16)13-11-15-14-10(17-11)8-2-4-9(12)5-3-8;1-5-3-6(4-11(5)2)12-7(8,9)10/h2-7H,1H3,(H,13,15);5-6H,3-4H2,1-2H3/t7-;/m1./s1. The Morgan fingerprint density at radius 3 is 2.52 bits per heavy atom. The number of hydrogen-bond acceptors (Lipinski definition) is 7. The highest BCUT2D eigenvalue weighted by atomic mass is 35.5. The molecule has 1 fully saturated rings. The second kappa shape index (κ2) is 10.0. The third kappa shape index (κ3) is 7.64. The van der Waals surface area contributed by atoms with Crippen LogP contribution in [0.4, 0.5) is 19.2 Å². The van der Waals surface area contributed by atoms with Gasteiger partial charge >= 0.3 is 12.4 Å². The summed E-state index contributed by atoms with van der Waals surface area (Å²) in [5.74, 6) is 0.377. The molecule has 3 rings (SSSR count). The molecule has 2 aromatic rings. The second-order valence-corrected chi connectivity index (χ2v) is 7.13. The fraction of sp³-hybridized carbons (Fsp3) is 0.500. The Morgan fingerprint density at radius 2 is 2.00 bits per heavy atom. The number of halogens is 4. The number of aldehydes is 1. The fourth-order valence-corrected chi connectivity index (χ4v) is 2.76. The van der Waals surface area contributed by atoms with Gasteiger partial charge in [-0.05, 0) is 51.6 Å². The highest BCUT2D eigenvalue weighted by Crippen LogP contribution is 2.26. The van der Waals surface area contributed by atoms with Crippen molar-refractivity contribution in [2.45, 2.75) is 44.8 Å². The topological polar surface area (TPSA) is 80.5 Å². The predicted octanol–water partition coefficient (Wildman–Crippen LogP) is 4.00. The molecule has 1 aliphatic rings. The first-order valence-corrected chi connectivity index (χ1v) is 9.21. The molecule has 0 amide bonds.